The molecule has 2 rings (SSSR count). The van der Waals surface area contributed by atoms with Gasteiger partial charge in [0.15, 0.2) is 6.10 Å². The standard InChI is InChI=1S/C14H21N3O2/c1-9(15)7-12-5-6-13(8-16-12)19-10(2)14(18)17-11-3-4-11/h5-6,8-11H,3-4,7,15H2,1-2H3,(H,17,18). The van der Waals surface area contributed by atoms with Gasteiger partial charge in [0.05, 0.1) is 6.20 Å². The number of hydrogen-bond acceptors (Lipinski definition) is 4. The Balaban J connectivity index is 1.85. The van der Waals surface area contributed by atoms with Crippen LogP contribution in [-0.4, -0.2) is 29.1 Å². The van der Waals surface area contributed by atoms with Crippen molar-refractivity contribution in [3.8, 4) is 5.75 Å². The van der Waals surface area contributed by atoms with Crippen molar-refractivity contribution in [2.75, 3.05) is 0 Å². The first-order chi connectivity index (χ1) is 9.04. The minimum atomic E-state index is -0.498. The van der Waals surface area contributed by atoms with E-state index in [2.05, 4.69) is 10.3 Å². The maximum Gasteiger partial charge on any atom is 0.260 e. The van der Waals surface area contributed by atoms with Gasteiger partial charge in [0.1, 0.15) is 5.75 Å². The molecule has 1 saturated carbocycles. The molecule has 19 heavy (non-hydrogen) atoms. The second-order valence-corrected chi connectivity index (χ2v) is 5.21. The Bertz CT molecular complexity index is 427. The summed E-state index contributed by atoms with van der Waals surface area (Å²) < 4.78 is 5.56. The van der Waals surface area contributed by atoms with Crippen LogP contribution in [0, 0.1) is 0 Å². The van der Waals surface area contributed by atoms with Crippen molar-refractivity contribution >= 4 is 5.91 Å². The van der Waals surface area contributed by atoms with Crippen LogP contribution < -0.4 is 15.8 Å². The largest absolute Gasteiger partial charge is 0.479 e. The molecule has 3 N–H and O–H groups in total. The molecular formula is C14H21N3O2. The summed E-state index contributed by atoms with van der Waals surface area (Å²) in [5.41, 5.74) is 6.64. The highest BCUT2D eigenvalue weighted by Crippen LogP contribution is 2.19. The van der Waals surface area contributed by atoms with E-state index in [4.69, 9.17) is 10.5 Å². The molecule has 1 amide bonds. The third kappa shape index (κ3) is 4.52. The van der Waals surface area contributed by atoms with Crippen molar-refractivity contribution in [1.29, 1.82) is 0 Å². The molecule has 0 aromatic carbocycles. The van der Waals surface area contributed by atoms with E-state index in [1.54, 1.807) is 13.1 Å². The smallest absolute Gasteiger partial charge is 0.260 e. The Morgan fingerprint density at radius 3 is 2.79 bits per heavy atom. The third-order valence-corrected chi connectivity index (χ3v) is 2.93. The lowest BCUT2D eigenvalue weighted by Gasteiger charge is -2.14. The molecule has 2 unspecified atom stereocenters. The van der Waals surface area contributed by atoms with Gasteiger partial charge < -0.3 is 15.8 Å². The van der Waals surface area contributed by atoms with Gasteiger partial charge in [-0.1, -0.05) is 0 Å². The Morgan fingerprint density at radius 2 is 2.26 bits per heavy atom. The highest BCUT2D eigenvalue weighted by Gasteiger charge is 2.26. The molecule has 0 aliphatic heterocycles. The molecule has 2 atom stereocenters. The summed E-state index contributed by atoms with van der Waals surface area (Å²) in [6, 6.07) is 4.14. The molecule has 1 fully saturated rings. The highest BCUT2D eigenvalue weighted by atomic mass is 16.5. The van der Waals surface area contributed by atoms with Crippen molar-refractivity contribution < 1.29 is 9.53 Å². The second-order valence-electron chi connectivity index (χ2n) is 5.21. The van der Waals surface area contributed by atoms with Crippen LogP contribution in [0.3, 0.4) is 0 Å². The van der Waals surface area contributed by atoms with Gasteiger partial charge in [-0.3, -0.25) is 9.78 Å². The molecule has 0 spiro atoms. The fourth-order valence-electron chi connectivity index (χ4n) is 1.74. The molecule has 1 aromatic heterocycles. The number of amides is 1. The average molecular weight is 263 g/mol. The molecule has 1 aliphatic rings. The highest BCUT2D eigenvalue weighted by molar-refractivity contribution is 5.81. The summed E-state index contributed by atoms with van der Waals surface area (Å²) in [5.74, 6) is 0.536. The number of nitrogens with zero attached hydrogens (tertiary/aromatic N) is 1. The van der Waals surface area contributed by atoms with E-state index in [-0.39, 0.29) is 11.9 Å². The molecule has 104 valence electrons. The molecule has 1 aliphatic carbocycles. The zero-order chi connectivity index (χ0) is 13.8. The normalized spacial score (nSPS) is 17.6. The van der Waals surface area contributed by atoms with E-state index in [9.17, 15) is 4.79 Å². The summed E-state index contributed by atoms with van der Waals surface area (Å²) >= 11 is 0. The maximum absolute atomic E-state index is 11.7. The van der Waals surface area contributed by atoms with Crippen LogP contribution in [0.15, 0.2) is 18.3 Å². The lowest BCUT2D eigenvalue weighted by Crippen LogP contribution is -2.37. The first-order valence-electron chi connectivity index (χ1n) is 6.72. The quantitative estimate of drug-likeness (QED) is 0.803. The molecule has 5 heteroatoms. The Morgan fingerprint density at radius 1 is 1.53 bits per heavy atom. The predicted molar refractivity (Wildman–Crippen MR) is 72.8 cm³/mol. The number of aromatic nitrogens is 1. The third-order valence-electron chi connectivity index (χ3n) is 2.93. The van der Waals surface area contributed by atoms with Gasteiger partial charge in [0.25, 0.3) is 5.91 Å². The zero-order valence-electron chi connectivity index (χ0n) is 11.4. The van der Waals surface area contributed by atoms with Crippen LogP contribution >= 0.6 is 0 Å². The minimum Gasteiger partial charge on any atom is -0.479 e. The first-order valence-corrected chi connectivity index (χ1v) is 6.72. The molecule has 1 heterocycles. The van der Waals surface area contributed by atoms with Gasteiger partial charge in [-0.25, -0.2) is 0 Å². The molecule has 0 bridgehead atoms. The van der Waals surface area contributed by atoms with Crippen molar-refractivity contribution in [2.45, 2.75) is 51.3 Å². The van der Waals surface area contributed by atoms with E-state index in [0.29, 0.717) is 11.8 Å². The van der Waals surface area contributed by atoms with Crippen LogP contribution in [0.2, 0.25) is 0 Å². The number of nitrogens with two attached hydrogens (primary N) is 1. The summed E-state index contributed by atoms with van der Waals surface area (Å²) in [4.78, 5) is 16.0. The van der Waals surface area contributed by atoms with Crippen LogP contribution in [0.4, 0.5) is 0 Å². The molecular weight excluding hydrogens is 242 g/mol. The minimum absolute atomic E-state index is 0.0674. The lowest BCUT2D eigenvalue weighted by atomic mass is 10.2. The van der Waals surface area contributed by atoms with Gasteiger partial charge in [0.2, 0.25) is 0 Å². The van der Waals surface area contributed by atoms with Gasteiger partial charge >= 0.3 is 0 Å². The topological polar surface area (TPSA) is 77.2 Å². The van der Waals surface area contributed by atoms with Gasteiger partial charge in [-0.2, -0.15) is 0 Å². The number of carbonyl (C=O) groups is 1. The fraction of sp³-hybridized carbons (Fsp3) is 0.571. The number of rotatable bonds is 6. The van der Waals surface area contributed by atoms with Crippen LogP contribution in [0.25, 0.3) is 0 Å². The summed E-state index contributed by atoms with van der Waals surface area (Å²) in [5, 5.41) is 2.91. The predicted octanol–water partition coefficient (Wildman–Crippen LogP) is 1.02. The summed E-state index contributed by atoms with van der Waals surface area (Å²) in [6.45, 7) is 3.68. The molecule has 1 aromatic rings. The van der Waals surface area contributed by atoms with E-state index in [1.807, 2.05) is 19.1 Å². The first kappa shape index (κ1) is 13.8. The van der Waals surface area contributed by atoms with Gasteiger partial charge in [0, 0.05) is 24.2 Å². The summed E-state index contributed by atoms with van der Waals surface area (Å²) in [6.07, 6.45) is 4.02. The number of hydrogen-bond donors (Lipinski definition) is 2. The average Bonchev–Trinajstić information content (AvgIpc) is 3.14. The Labute approximate surface area is 113 Å². The van der Waals surface area contributed by atoms with Crippen molar-refractivity contribution in [3.63, 3.8) is 0 Å². The van der Waals surface area contributed by atoms with Crippen LogP contribution in [0.5, 0.6) is 5.75 Å². The van der Waals surface area contributed by atoms with Crippen molar-refractivity contribution in [3.05, 3.63) is 24.0 Å². The summed E-state index contributed by atoms with van der Waals surface area (Å²) in [7, 11) is 0. The van der Waals surface area contributed by atoms with Gasteiger partial charge in [-0.05, 0) is 38.8 Å². The SMILES string of the molecule is CC(N)Cc1ccc(OC(C)C(=O)NC2CC2)cn1. The molecule has 0 radical (unpaired) electrons. The number of pyridine rings is 1. The number of carbonyl (C=O) groups excluding carboxylic acids is 1. The number of nitrogens with one attached hydrogen (secondary N) is 1. The van der Waals surface area contributed by atoms with Crippen LogP contribution in [0.1, 0.15) is 32.4 Å². The van der Waals surface area contributed by atoms with E-state index in [1.165, 1.54) is 0 Å². The zero-order valence-corrected chi connectivity index (χ0v) is 11.4. The Hall–Kier alpha value is -1.62. The van der Waals surface area contributed by atoms with Crippen molar-refractivity contribution in [2.24, 2.45) is 5.73 Å². The maximum atomic E-state index is 11.7. The lowest BCUT2D eigenvalue weighted by molar-refractivity contribution is -0.127. The van der Waals surface area contributed by atoms with E-state index >= 15 is 0 Å². The van der Waals surface area contributed by atoms with E-state index < -0.39 is 6.10 Å². The number of ether oxygens (including phenoxy) is 1. The van der Waals surface area contributed by atoms with E-state index in [0.717, 1.165) is 25.0 Å². The van der Waals surface area contributed by atoms with Crippen molar-refractivity contribution in [1.82, 2.24) is 10.3 Å². The molecule has 0 saturated heterocycles. The Kier molecular flexibility index (Phi) is 4.37. The molecule has 5 nitrogen and oxygen atoms in total. The van der Waals surface area contributed by atoms with Gasteiger partial charge in [-0.15, -0.1) is 0 Å². The fourth-order valence-corrected chi connectivity index (χ4v) is 1.74. The monoisotopic (exact) mass is 263 g/mol. The second kappa shape index (κ2) is 6.02. The van der Waals surface area contributed by atoms with Crippen LogP contribution in [-0.2, 0) is 11.2 Å².